The summed E-state index contributed by atoms with van der Waals surface area (Å²) in [7, 11) is -3.64. The standard InChI is InChI=1S/C13H22N4O2S/c1-11(2)10-16-20(18,19)17(9-8-13(14)15)12-6-4-3-5-7-12/h3-7,11,16H,8-10H2,1-2H3,(H3,14,15). The molecule has 6 nitrogen and oxygen atoms in total. The fourth-order valence-corrected chi connectivity index (χ4v) is 2.98. The van der Waals surface area contributed by atoms with E-state index >= 15 is 0 Å². The zero-order valence-electron chi connectivity index (χ0n) is 11.8. The topological polar surface area (TPSA) is 99.3 Å². The van der Waals surface area contributed by atoms with Gasteiger partial charge in [0.1, 0.15) is 0 Å². The van der Waals surface area contributed by atoms with Crippen molar-refractivity contribution in [2.75, 3.05) is 17.4 Å². The molecule has 0 aliphatic rings. The number of nitrogens with zero attached hydrogens (tertiary/aromatic N) is 1. The van der Waals surface area contributed by atoms with E-state index in [1.165, 1.54) is 4.31 Å². The highest BCUT2D eigenvalue weighted by molar-refractivity contribution is 7.90. The molecule has 0 aliphatic carbocycles. The van der Waals surface area contributed by atoms with Crippen LogP contribution in [0.5, 0.6) is 0 Å². The molecule has 0 fully saturated rings. The fourth-order valence-electron chi connectivity index (χ4n) is 1.55. The van der Waals surface area contributed by atoms with Crippen LogP contribution in [-0.4, -0.2) is 27.3 Å². The van der Waals surface area contributed by atoms with Gasteiger partial charge in [0.15, 0.2) is 0 Å². The molecule has 7 heteroatoms. The van der Waals surface area contributed by atoms with E-state index in [2.05, 4.69) is 4.72 Å². The van der Waals surface area contributed by atoms with Gasteiger partial charge in [-0.25, -0.2) is 0 Å². The molecule has 0 bridgehead atoms. The SMILES string of the molecule is CC(C)CNS(=O)(=O)N(CCC(=N)N)c1ccccc1. The van der Waals surface area contributed by atoms with Crippen LogP contribution in [0.25, 0.3) is 0 Å². The molecule has 20 heavy (non-hydrogen) atoms. The third kappa shape index (κ3) is 5.18. The quantitative estimate of drug-likeness (QED) is 0.498. The van der Waals surface area contributed by atoms with Gasteiger partial charge in [-0.1, -0.05) is 32.0 Å². The zero-order valence-corrected chi connectivity index (χ0v) is 12.7. The van der Waals surface area contributed by atoms with Crippen molar-refractivity contribution < 1.29 is 8.42 Å². The summed E-state index contributed by atoms with van der Waals surface area (Å²) in [4.78, 5) is 0. The molecule has 1 aromatic carbocycles. The van der Waals surface area contributed by atoms with Gasteiger partial charge >= 0.3 is 10.2 Å². The van der Waals surface area contributed by atoms with E-state index < -0.39 is 10.2 Å². The molecule has 4 N–H and O–H groups in total. The molecule has 0 aromatic heterocycles. The van der Waals surface area contributed by atoms with Gasteiger partial charge in [0.2, 0.25) is 0 Å². The first-order valence-corrected chi connectivity index (χ1v) is 7.92. The van der Waals surface area contributed by atoms with E-state index in [1.54, 1.807) is 24.3 Å². The Morgan fingerprint density at radius 1 is 1.35 bits per heavy atom. The molecular weight excluding hydrogens is 276 g/mol. The number of rotatable bonds is 8. The minimum atomic E-state index is -3.64. The summed E-state index contributed by atoms with van der Waals surface area (Å²) in [6, 6.07) is 8.80. The number of nitrogens with two attached hydrogens (primary N) is 1. The first kappa shape index (κ1) is 16.5. The van der Waals surface area contributed by atoms with E-state index in [1.807, 2.05) is 19.9 Å². The molecule has 0 unspecified atom stereocenters. The second-order valence-electron chi connectivity index (χ2n) is 4.93. The van der Waals surface area contributed by atoms with Crippen LogP contribution in [0.3, 0.4) is 0 Å². The average molecular weight is 298 g/mol. The van der Waals surface area contributed by atoms with Gasteiger partial charge in [0.25, 0.3) is 0 Å². The molecule has 1 rings (SSSR count). The van der Waals surface area contributed by atoms with Gasteiger partial charge in [-0.05, 0) is 18.1 Å². The Bertz CT molecular complexity index is 529. The third-order valence-corrected chi connectivity index (χ3v) is 4.10. The predicted octanol–water partition coefficient (Wildman–Crippen LogP) is 1.31. The Labute approximate surface area is 120 Å². The van der Waals surface area contributed by atoms with Crippen molar-refractivity contribution >= 4 is 21.7 Å². The minimum Gasteiger partial charge on any atom is -0.388 e. The Morgan fingerprint density at radius 2 is 1.95 bits per heavy atom. The lowest BCUT2D eigenvalue weighted by Gasteiger charge is -2.25. The van der Waals surface area contributed by atoms with Crippen molar-refractivity contribution in [2.45, 2.75) is 20.3 Å². The maximum absolute atomic E-state index is 12.4. The van der Waals surface area contributed by atoms with Crippen LogP contribution in [0.2, 0.25) is 0 Å². The number of amidine groups is 1. The first-order chi connectivity index (χ1) is 9.33. The summed E-state index contributed by atoms with van der Waals surface area (Å²) in [5, 5.41) is 7.26. The number of hydrogen-bond acceptors (Lipinski definition) is 3. The smallest absolute Gasteiger partial charge is 0.301 e. The molecule has 0 radical (unpaired) electrons. The number of para-hydroxylation sites is 1. The average Bonchev–Trinajstić information content (AvgIpc) is 2.37. The van der Waals surface area contributed by atoms with E-state index in [4.69, 9.17) is 11.1 Å². The van der Waals surface area contributed by atoms with Crippen molar-refractivity contribution in [1.82, 2.24) is 4.72 Å². The van der Waals surface area contributed by atoms with Crippen molar-refractivity contribution in [3.8, 4) is 0 Å². The van der Waals surface area contributed by atoms with Gasteiger partial charge in [-0.2, -0.15) is 13.1 Å². The molecule has 0 heterocycles. The predicted molar refractivity (Wildman–Crippen MR) is 82.1 cm³/mol. The Morgan fingerprint density at radius 3 is 2.45 bits per heavy atom. The van der Waals surface area contributed by atoms with Gasteiger partial charge in [-0.3, -0.25) is 9.71 Å². The lowest BCUT2D eigenvalue weighted by atomic mass is 10.2. The summed E-state index contributed by atoms with van der Waals surface area (Å²) in [5.74, 6) is 0.181. The minimum absolute atomic E-state index is 0.0370. The van der Waals surface area contributed by atoms with Crippen molar-refractivity contribution in [1.29, 1.82) is 5.41 Å². The summed E-state index contributed by atoms with van der Waals surface area (Å²) in [6.07, 6.45) is 0.192. The number of hydrogen-bond donors (Lipinski definition) is 3. The van der Waals surface area contributed by atoms with Crippen LogP contribution in [0, 0.1) is 11.3 Å². The number of benzene rings is 1. The summed E-state index contributed by atoms with van der Waals surface area (Å²) >= 11 is 0. The molecule has 0 aliphatic heterocycles. The normalized spacial score (nSPS) is 11.6. The molecule has 0 atom stereocenters. The van der Waals surface area contributed by atoms with Crippen LogP contribution in [0.1, 0.15) is 20.3 Å². The van der Waals surface area contributed by atoms with Crippen LogP contribution in [-0.2, 0) is 10.2 Å². The Kier molecular flexibility index (Phi) is 5.97. The largest absolute Gasteiger partial charge is 0.388 e. The Balaban J connectivity index is 2.95. The lowest BCUT2D eigenvalue weighted by molar-refractivity contribution is 0.556. The van der Waals surface area contributed by atoms with Crippen LogP contribution in [0.15, 0.2) is 30.3 Å². The summed E-state index contributed by atoms with van der Waals surface area (Å²) in [5.41, 5.74) is 5.89. The van der Waals surface area contributed by atoms with E-state index in [9.17, 15) is 8.42 Å². The van der Waals surface area contributed by atoms with E-state index in [-0.39, 0.29) is 24.7 Å². The Hall–Kier alpha value is -1.60. The van der Waals surface area contributed by atoms with Crippen molar-refractivity contribution in [3.05, 3.63) is 30.3 Å². The van der Waals surface area contributed by atoms with Crippen molar-refractivity contribution in [3.63, 3.8) is 0 Å². The number of anilines is 1. The molecule has 0 amide bonds. The summed E-state index contributed by atoms with van der Waals surface area (Å²) in [6.45, 7) is 4.38. The zero-order chi connectivity index (χ0) is 15.2. The monoisotopic (exact) mass is 298 g/mol. The molecular formula is C13H22N4O2S. The molecule has 0 spiro atoms. The van der Waals surface area contributed by atoms with Gasteiger partial charge in [0.05, 0.1) is 11.5 Å². The lowest BCUT2D eigenvalue weighted by Crippen LogP contribution is -2.43. The van der Waals surface area contributed by atoms with E-state index in [0.717, 1.165) is 0 Å². The van der Waals surface area contributed by atoms with Gasteiger partial charge in [0, 0.05) is 19.5 Å². The molecule has 112 valence electrons. The second-order valence-corrected chi connectivity index (χ2v) is 6.61. The number of nitrogens with one attached hydrogen (secondary N) is 2. The van der Waals surface area contributed by atoms with Gasteiger partial charge < -0.3 is 5.73 Å². The molecule has 1 aromatic rings. The summed E-state index contributed by atoms with van der Waals surface area (Å²) < 4.78 is 28.5. The van der Waals surface area contributed by atoms with Crippen LogP contribution in [0.4, 0.5) is 5.69 Å². The van der Waals surface area contributed by atoms with Crippen LogP contribution >= 0.6 is 0 Å². The van der Waals surface area contributed by atoms with Crippen molar-refractivity contribution in [2.24, 2.45) is 11.7 Å². The molecule has 0 saturated heterocycles. The van der Waals surface area contributed by atoms with Gasteiger partial charge in [-0.15, -0.1) is 0 Å². The second kappa shape index (κ2) is 7.25. The van der Waals surface area contributed by atoms with E-state index in [0.29, 0.717) is 12.2 Å². The highest BCUT2D eigenvalue weighted by atomic mass is 32.2. The highest BCUT2D eigenvalue weighted by Gasteiger charge is 2.22. The highest BCUT2D eigenvalue weighted by Crippen LogP contribution is 2.17. The maximum atomic E-state index is 12.4. The maximum Gasteiger partial charge on any atom is 0.301 e. The third-order valence-electron chi connectivity index (χ3n) is 2.59. The first-order valence-electron chi connectivity index (χ1n) is 6.48. The molecule has 0 saturated carbocycles. The fraction of sp³-hybridized carbons (Fsp3) is 0.462. The van der Waals surface area contributed by atoms with Crippen LogP contribution < -0.4 is 14.8 Å².